The van der Waals surface area contributed by atoms with Gasteiger partial charge < -0.3 is 31.7 Å². The van der Waals surface area contributed by atoms with Crippen LogP contribution in [-0.4, -0.2) is 55.9 Å². The second-order valence-corrected chi connectivity index (χ2v) is 7.46. The number of nitrogens with one attached hydrogen (secondary N) is 5. The van der Waals surface area contributed by atoms with Crippen molar-refractivity contribution in [2.45, 2.75) is 13.0 Å². The number of amides is 3. The van der Waals surface area contributed by atoms with E-state index in [2.05, 4.69) is 21.3 Å². The number of aryl methyl sites for hydroxylation is 1. The van der Waals surface area contributed by atoms with E-state index in [4.69, 9.17) is 27.5 Å². The highest BCUT2D eigenvalue weighted by Crippen LogP contribution is 2.19. The van der Waals surface area contributed by atoms with E-state index >= 15 is 0 Å². The molecule has 0 radical (unpaired) electrons. The maximum Gasteiger partial charge on any atom is 0.330 e. The molecule has 0 aliphatic rings. The third kappa shape index (κ3) is 7.20. The maximum atomic E-state index is 12.6. The summed E-state index contributed by atoms with van der Waals surface area (Å²) >= 11 is 6.10. The molecule has 34 heavy (non-hydrogen) atoms. The molecule has 1 atom stereocenters. The number of carbonyl (C=O) groups is 4. The summed E-state index contributed by atoms with van der Waals surface area (Å²) in [7, 11) is 1.15. The van der Waals surface area contributed by atoms with Gasteiger partial charge in [0.1, 0.15) is 6.04 Å². The summed E-state index contributed by atoms with van der Waals surface area (Å²) in [6, 6.07) is 10.1. The van der Waals surface area contributed by atoms with E-state index in [1.807, 2.05) is 0 Å². The molecule has 0 bridgehead atoms. The second-order valence-electron chi connectivity index (χ2n) is 7.05. The third-order valence-electron chi connectivity index (χ3n) is 4.59. The standard InChI is InChI=1S/C22H25ClN6O5/c1-12-6-5-8-14(23)18(12)20(32)28-16(21(33)34-2)10-26-17(30)11-27-19(31)13-7-3-4-9-15(13)29-22(24)25/h3-9,16H,10-11H2,1-2H3,(H,26,30)(H,27,31)(H,28,32)(H4,24,25,29). The Bertz CT molecular complexity index is 1090. The van der Waals surface area contributed by atoms with Crippen molar-refractivity contribution in [3.05, 3.63) is 64.2 Å². The van der Waals surface area contributed by atoms with Gasteiger partial charge in [0.25, 0.3) is 11.8 Å². The smallest absolute Gasteiger partial charge is 0.330 e. The minimum atomic E-state index is -1.19. The molecule has 0 saturated heterocycles. The van der Waals surface area contributed by atoms with Crippen molar-refractivity contribution in [1.82, 2.24) is 16.0 Å². The zero-order chi connectivity index (χ0) is 25.3. The summed E-state index contributed by atoms with van der Waals surface area (Å²) in [4.78, 5) is 49.4. The summed E-state index contributed by atoms with van der Waals surface area (Å²) in [5.41, 5.74) is 6.61. The number of anilines is 1. The van der Waals surface area contributed by atoms with E-state index in [1.54, 1.807) is 43.3 Å². The van der Waals surface area contributed by atoms with Crippen molar-refractivity contribution in [1.29, 1.82) is 5.41 Å². The molecule has 0 aliphatic carbocycles. The van der Waals surface area contributed by atoms with E-state index in [-0.39, 0.29) is 28.7 Å². The molecule has 11 nitrogen and oxygen atoms in total. The highest BCUT2D eigenvalue weighted by Gasteiger charge is 2.25. The van der Waals surface area contributed by atoms with Crippen molar-refractivity contribution in [3.63, 3.8) is 0 Å². The first-order valence-electron chi connectivity index (χ1n) is 10.0. The Hall–Kier alpha value is -4.12. The molecular formula is C22H25ClN6O5. The van der Waals surface area contributed by atoms with Crippen LogP contribution in [0.1, 0.15) is 26.3 Å². The van der Waals surface area contributed by atoms with Gasteiger partial charge >= 0.3 is 5.97 Å². The Morgan fingerprint density at radius 2 is 1.76 bits per heavy atom. The molecule has 7 N–H and O–H groups in total. The Morgan fingerprint density at radius 3 is 2.41 bits per heavy atom. The average molecular weight is 489 g/mol. The molecule has 1 unspecified atom stereocenters. The predicted octanol–water partition coefficient (Wildman–Crippen LogP) is 0.771. The first kappa shape index (κ1) is 26.1. The van der Waals surface area contributed by atoms with Crippen LogP contribution in [0.15, 0.2) is 42.5 Å². The molecule has 0 heterocycles. The van der Waals surface area contributed by atoms with Crippen LogP contribution in [-0.2, 0) is 14.3 Å². The molecule has 12 heteroatoms. The summed E-state index contributed by atoms with van der Waals surface area (Å²) in [5, 5.41) is 17.5. The van der Waals surface area contributed by atoms with Crippen LogP contribution in [0.2, 0.25) is 5.02 Å². The normalized spacial score (nSPS) is 11.0. The fourth-order valence-corrected chi connectivity index (χ4v) is 3.26. The largest absolute Gasteiger partial charge is 0.467 e. The third-order valence-corrected chi connectivity index (χ3v) is 4.91. The summed E-state index contributed by atoms with van der Waals surface area (Å²) in [6.45, 7) is 1.01. The van der Waals surface area contributed by atoms with Crippen LogP contribution >= 0.6 is 11.6 Å². The van der Waals surface area contributed by atoms with Crippen molar-refractivity contribution in [2.24, 2.45) is 5.73 Å². The SMILES string of the molecule is COC(=O)C(CNC(=O)CNC(=O)c1ccccc1NC(=N)N)NC(=O)c1c(C)cccc1Cl. The number of hydrogen-bond acceptors (Lipinski definition) is 6. The summed E-state index contributed by atoms with van der Waals surface area (Å²) in [6.07, 6.45) is 0. The lowest BCUT2D eigenvalue weighted by Crippen LogP contribution is -2.50. The molecule has 0 aliphatic heterocycles. The fraction of sp³-hybridized carbons (Fsp3) is 0.227. The van der Waals surface area contributed by atoms with Gasteiger partial charge in [0, 0.05) is 6.54 Å². The van der Waals surface area contributed by atoms with E-state index in [1.165, 1.54) is 6.07 Å². The van der Waals surface area contributed by atoms with Gasteiger partial charge in [0.2, 0.25) is 5.91 Å². The highest BCUT2D eigenvalue weighted by molar-refractivity contribution is 6.34. The molecule has 0 saturated carbocycles. The minimum Gasteiger partial charge on any atom is -0.467 e. The number of esters is 1. The first-order valence-corrected chi connectivity index (χ1v) is 10.4. The molecule has 0 spiro atoms. The first-order chi connectivity index (χ1) is 16.1. The quantitative estimate of drug-likeness (QED) is 0.171. The summed E-state index contributed by atoms with van der Waals surface area (Å²) in [5.74, 6) is -2.91. The number of nitrogens with two attached hydrogens (primary N) is 1. The second kappa shape index (κ2) is 12.2. The van der Waals surface area contributed by atoms with Gasteiger partial charge in [-0.2, -0.15) is 0 Å². The zero-order valence-corrected chi connectivity index (χ0v) is 19.3. The molecule has 180 valence electrons. The van der Waals surface area contributed by atoms with Crippen molar-refractivity contribution < 1.29 is 23.9 Å². The van der Waals surface area contributed by atoms with E-state index in [9.17, 15) is 19.2 Å². The number of guanidine groups is 1. The zero-order valence-electron chi connectivity index (χ0n) is 18.5. The van der Waals surface area contributed by atoms with Gasteiger partial charge in [-0.15, -0.1) is 0 Å². The van der Waals surface area contributed by atoms with Crippen LogP contribution in [0, 0.1) is 12.3 Å². The van der Waals surface area contributed by atoms with Crippen molar-refractivity contribution >= 4 is 46.9 Å². The Kier molecular flexibility index (Phi) is 9.38. The number of hydrogen-bond donors (Lipinski definition) is 6. The molecular weight excluding hydrogens is 464 g/mol. The minimum absolute atomic E-state index is 0.181. The van der Waals surface area contributed by atoms with Gasteiger partial charge in [0.05, 0.1) is 35.5 Å². The van der Waals surface area contributed by atoms with Crippen LogP contribution < -0.4 is 27.0 Å². The maximum absolute atomic E-state index is 12.6. The number of methoxy groups -OCH3 is 1. The van der Waals surface area contributed by atoms with Gasteiger partial charge in [-0.05, 0) is 30.7 Å². The van der Waals surface area contributed by atoms with Gasteiger partial charge in [-0.25, -0.2) is 4.79 Å². The van der Waals surface area contributed by atoms with Crippen LogP contribution in [0.4, 0.5) is 5.69 Å². The number of halogens is 1. The lowest BCUT2D eigenvalue weighted by atomic mass is 10.1. The van der Waals surface area contributed by atoms with Gasteiger partial charge in [0.15, 0.2) is 5.96 Å². The van der Waals surface area contributed by atoms with Gasteiger partial charge in [-0.1, -0.05) is 35.9 Å². The number of rotatable bonds is 9. The molecule has 0 aromatic heterocycles. The van der Waals surface area contributed by atoms with E-state index in [0.29, 0.717) is 11.3 Å². The number of benzene rings is 2. The number of ether oxygens (including phenoxy) is 1. The van der Waals surface area contributed by atoms with Crippen molar-refractivity contribution in [3.8, 4) is 0 Å². The fourth-order valence-electron chi connectivity index (χ4n) is 2.95. The monoisotopic (exact) mass is 488 g/mol. The molecule has 2 aromatic carbocycles. The van der Waals surface area contributed by atoms with E-state index < -0.39 is 36.3 Å². The Labute approximate surface area is 200 Å². The van der Waals surface area contributed by atoms with Crippen LogP contribution in [0.5, 0.6) is 0 Å². The van der Waals surface area contributed by atoms with Crippen molar-refractivity contribution in [2.75, 3.05) is 25.5 Å². The Balaban J connectivity index is 1.97. The molecule has 2 aromatic rings. The van der Waals surface area contributed by atoms with Gasteiger partial charge in [-0.3, -0.25) is 19.8 Å². The Morgan fingerprint density at radius 1 is 1.06 bits per heavy atom. The molecule has 3 amide bonds. The van der Waals surface area contributed by atoms with Crippen LogP contribution in [0.25, 0.3) is 0 Å². The number of para-hydroxylation sites is 1. The lowest BCUT2D eigenvalue weighted by Gasteiger charge is -2.18. The number of carbonyl (C=O) groups excluding carboxylic acids is 4. The highest BCUT2D eigenvalue weighted by atomic mass is 35.5. The van der Waals surface area contributed by atoms with E-state index in [0.717, 1.165) is 7.11 Å². The molecule has 2 rings (SSSR count). The predicted molar refractivity (Wildman–Crippen MR) is 127 cm³/mol. The summed E-state index contributed by atoms with van der Waals surface area (Å²) < 4.78 is 4.70. The average Bonchev–Trinajstić information content (AvgIpc) is 2.79. The lowest BCUT2D eigenvalue weighted by molar-refractivity contribution is -0.142. The molecule has 0 fully saturated rings. The van der Waals surface area contributed by atoms with Crippen LogP contribution in [0.3, 0.4) is 0 Å². The topological polar surface area (TPSA) is 176 Å².